The molecule has 0 aromatic carbocycles. The molecule has 0 aliphatic heterocycles. The van der Waals surface area contributed by atoms with Crippen LogP contribution in [0.3, 0.4) is 0 Å². The van der Waals surface area contributed by atoms with Gasteiger partial charge in [0, 0.05) is 6.54 Å². The Morgan fingerprint density at radius 2 is 1.61 bits per heavy atom. The van der Waals surface area contributed by atoms with Crippen LogP contribution in [0, 0.1) is 5.41 Å². The van der Waals surface area contributed by atoms with Crippen LogP contribution in [0.25, 0.3) is 0 Å². The molecule has 0 saturated heterocycles. The highest BCUT2D eigenvalue weighted by Gasteiger charge is 2.28. The first-order chi connectivity index (χ1) is 8.16. The van der Waals surface area contributed by atoms with Crippen molar-refractivity contribution < 1.29 is 18.0 Å². The Morgan fingerprint density at radius 1 is 1.06 bits per heavy atom. The second-order valence-corrected chi connectivity index (χ2v) is 5.27. The fourth-order valence-electron chi connectivity index (χ4n) is 1.50. The van der Waals surface area contributed by atoms with Gasteiger partial charge in [-0.3, -0.25) is 0 Å². The van der Waals surface area contributed by atoms with Gasteiger partial charge < -0.3 is 10.6 Å². The van der Waals surface area contributed by atoms with Gasteiger partial charge in [-0.25, -0.2) is 4.79 Å². The van der Waals surface area contributed by atoms with E-state index in [2.05, 4.69) is 12.2 Å². The summed E-state index contributed by atoms with van der Waals surface area (Å²) in [6.07, 6.45) is -0.108. The Morgan fingerprint density at radius 3 is 2.11 bits per heavy atom. The van der Waals surface area contributed by atoms with Gasteiger partial charge in [0.15, 0.2) is 0 Å². The van der Waals surface area contributed by atoms with Crippen LogP contribution in [-0.4, -0.2) is 25.3 Å². The maximum Gasteiger partial charge on any atom is 0.405 e. The monoisotopic (exact) mass is 268 g/mol. The van der Waals surface area contributed by atoms with Crippen LogP contribution < -0.4 is 10.6 Å². The first kappa shape index (κ1) is 17.1. The molecule has 0 aromatic rings. The van der Waals surface area contributed by atoms with E-state index >= 15 is 0 Å². The molecule has 2 N–H and O–H groups in total. The molecule has 108 valence electrons. The standard InChI is InChI=1S/C12H23F3N2O/c1-4-5-6-7-11(2,3)8-16-10(18)17-9-12(13,14)15/h4-9H2,1-3H3,(H2,16,17,18). The second-order valence-electron chi connectivity index (χ2n) is 5.27. The van der Waals surface area contributed by atoms with Crippen molar-refractivity contribution in [3.05, 3.63) is 0 Å². The highest BCUT2D eigenvalue weighted by molar-refractivity contribution is 5.73. The number of urea groups is 1. The minimum Gasteiger partial charge on any atom is -0.338 e. The van der Waals surface area contributed by atoms with Crippen LogP contribution >= 0.6 is 0 Å². The number of carbonyl (C=O) groups is 1. The number of amides is 2. The molecule has 6 heteroatoms. The Labute approximate surface area is 107 Å². The zero-order valence-corrected chi connectivity index (χ0v) is 11.3. The Balaban J connectivity index is 3.82. The van der Waals surface area contributed by atoms with Crippen molar-refractivity contribution in [3.63, 3.8) is 0 Å². The highest BCUT2D eigenvalue weighted by atomic mass is 19.4. The molecule has 0 aliphatic carbocycles. The lowest BCUT2D eigenvalue weighted by atomic mass is 9.87. The van der Waals surface area contributed by atoms with Crippen molar-refractivity contribution in [2.45, 2.75) is 52.6 Å². The summed E-state index contributed by atoms with van der Waals surface area (Å²) in [5, 5.41) is 4.26. The maximum absolute atomic E-state index is 11.9. The quantitative estimate of drug-likeness (QED) is 0.682. The summed E-state index contributed by atoms with van der Waals surface area (Å²) in [5.41, 5.74) is -0.0925. The molecule has 0 rings (SSSR count). The van der Waals surface area contributed by atoms with E-state index in [0.717, 1.165) is 25.7 Å². The molecule has 0 aromatic heterocycles. The van der Waals surface area contributed by atoms with Crippen LogP contribution in [0.2, 0.25) is 0 Å². The molecule has 0 atom stereocenters. The van der Waals surface area contributed by atoms with Crippen molar-refractivity contribution in [2.75, 3.05) is 13.1 Å². The second kappa shape index (κ2) is 7.48. The molecule has 0 fully saturated rings. The van der Waals surface area contributed by atoms with Gasteiger partial charge in [-0.1, -0.05) is 40.0 Å². The van der Waals surface area contributed by atoms with E-state index in [-0.39, 0.29) is 5.41 Å². The van der Waals surface area contributed by atoms with E-state index in [9.17, 15) is 18.0 Å². The van der Waals surface area contributed by atoms with Crippen LogP contribution in [-0.2, 0) is 0 Å². The predicted octanol–water partition coefficient (Wildman–Crippen LogP) is 3.45. The van der Waals surface area contributed by atoms with Crippen molar-refractivity contribution in [3.8, 4) is 0 Å². The van der Waals surface area contributed by atoms with Crippen LogP contribution in [0.15, 0.2) is 0 Å². The summed E-state index contributed by atoms with van der Waals surface area (Å²) < 4.78 is 35.6. The summed E-state index contributed by atoms with van der Waals surface area (Å²) in [5.74, 6) is 0. The van der Waals surface area contributed by atoms with Gasteiger partial charge in [0.05, 0.1) is 0 Å². The van der Waals surface area contributed by atoms with E-state index in [1.165, 1.54) is 0 Å². The fourth-order valence-corrected chi connectivity index (χ4v) is 1.50. The van der Waals surface area contributed by atoms with E-state index < -0.39 is 18.8 Å². The van der Waals surface area contributed by atoms with Gasteiger partial charge in [-0.2, -0.15) is 13.2 Å². The Hall–Kier alpha value is -0.940. The highest BCUT2D eigenvalue weighted by Crippen LogP contribution is 2.22. The average Bonchev–Trinajstić information content (AvgIpc) is 2.23. The van der Waals surface area contributed by atoms with Gasteiger partial charge in [0.2, 0.25) is 0 Å². The number of hydrogen-bond acceptors (Lipinski definition) is 1. The number of hydrogen-bond donors (Lipinski definition) is 2. The molecule has 0 unspecified atom stereocenters. The SMILES string of the molecule is CCCCCC(C)(C)CNC(=O)NCC(F)(F)F. The minimum atomic E-state index is -4.37. The van der Waals surface area contributed by atoms with Crippen LogP contribution in [0.5, 0.6) is 0 Å². The minimum absolute atomic E-state index is 0.0925. The molecule has 0 aliphatic rings. The fraction of sp³-hybridized carbons (Fsp3) is 0.917. The van der Waals surface area contributed by atoms with Gasteiger partial charge in [0.25, 0.3) is 0 Å². The van der Waals surface area contributed by atoms with E-state index in [4.69, 9.17) is 0 Å². The molecule has 0 bridgehead atoms. The van der Waals surface area contributed by atoms with Crippen molar-refractivity contribution in [1.29, 1.82) is 0 Å². The smallest absolute Gasteiger partial charge is 0.338 e. The molecular formula is C12H23F3N2O. The largest absolute Gasteiger partial charge is 0.405 e. The lowest BCUT2D eigenvalue weighted by molar-refractivity contribution is -0.122. The molecule has 0 heterocycles. The number of carbonyl (C=O) groups excluding carboxylic acids is 1. The molecule has 0 saturated carbocycles. The lowest BCUT2D eigenvalue weighted by Crippen LogP contribution is -2.44. The molecule has 3 nitrogen and oxygen atoms in total. The number of alkyl halides is 3. The van der Waals surface area contributed by atoms with Crippen molar-refractivity contribution >= 4 is 6.03 Å². The molecule has 2 amide bonds. The van der Waals surface area contributed by atoms with Gasteiger partial charge in [-0.15, -0.1) is 0 Å². The van der Waals surface area contributed by atoms with Gasteiger partial charge >= 0.3 is 12.2 Å². The molecular weight excluding hydrogens is 245 g/mol. The summed E-state index contributed by atoms with van der Waals surface area (Å²) in [6.45, 7) is 5.17. The Bertz CT molecular complexity index is 252. The Kier molecular flexibility index (Phi) is 7.09. The number of rotatable bonds is 7. The van der Waals surface area contributed by atoms with Gasteiger partial charge in [-0.05, 0) is 11.8 Å². The summed E-state index contributed by atoms with van der Waals surface area (Å²) >= 11 is 0. The average molecular weight is 268 g/mol. The van der Waals surface area contributed by atoms with E-state index in [1.807, 2.05) is 13.8 Å². The summed E-state index contributed by atoms with van der Waals surface area (Å²) in [6, 6.07) is -0.768. The van der Waals surface area contributed by atoms with Crippen molar-refractivity contribution in [2.24, 2.45) is 5.41 Å². The number of nitrogens with one attached hydrogen (secondary N) is 2. The third kappa shape index (κ3) is 10.2. The summed E-state index contributed by atoms with van der Waals surface area (Å²) in [7, 11) is 0. The van der Waals surface area contributed by atoms with E-state index in [0.29, 0.717) is 6.54 Å². The topological polar surface area (TPSA) is 41.1 Å². The van der Waals surface area contributed by atoms with Crippen molar-refractivity contribution in [1.82, 2.24) is 10.6 Å². The molecule has 0 spiro atoms. The lowest BCUT2D eigenvalue weighted by Gasteiger charge is -2.25. The first-order valence-electron chi connectivity index (χ1n) is 6.25. The van der Waals surface area contributed by atoms with Crippen LogP contribution in [0.1, 0.15) is 46.5 Å². The summed E-state index contributed by atoms with van der Waals surface area (Å²) in [4.78, 5) is 11.1. The van der Waals surface area contributed by atoms with Crippen LogP contribution in [0.4, 0.5) is 18.0 Å². The number of unbranched alkanes of at least 4 members (excludes halogenated alkanes) is 2. The predicted molar refractivity (Wildman–Crippen MR) is 65.4 cm³/mol. The zero-order chi connectivity index (χ0) is 14.2. The first-order valence-corrected chi connectivity index (χ1v) is 6.25. The van der Waals surface area contributed by atoms with Gasteiger partial charge in [0.1, 0.15) is 6.54 Å². The normalized spacial score (nSPS) is 12.3. The number of halogens is 3. The van der Waals surface area contributed by atoms with E-state index in [1.54, 1.807) is 5.32 Å². The third-order valence-electron chi connectivity index (χ3n) is 2.63. The molecule has 18 heavy (non-hydrogen) atoms. The zero-order valence-electron chi connectivity index (χ0n) is 11.3. The third-order valence-corrected chi connectivity index (χ3v) is 2.63. The molecule has 0 radical (unpaired) electrons. The maximum atomic E-state index is 11.9.